The molecule has 0 aliphatic heterocycles. The second-order valence-electron chi connectivity index (χ2n) is 4.21. The molecule has 1 aromatic carbocycles. The Morgan fingerprint density at radius 1 is 1.42 bits per heavy atom. The first-order valence-corrected chi connectivity index (χ1v) is 5.76. The van der Waals surface area contributed by atoms with Crippen LogP contribution in [-0.2, 0) is 6.61 Å². The van der Waals surface area contributed by atoms with Crippen LogP contribution in [0, 0.1) is 13.8 Å². The molecular weight excluding hydrogens is 246 g/mol. The number of amides is 1. The van der Waals surface area contributed by atoms with Crippen LogP contribution in [0.3, 0.4) is 0 Å². The highest BCUT2D eigenvalue weighted by Crippen LogP contribution is 2.20. The van der Waals surface area contributed by atoms with Crippen molar-refractivity contribution in [2.75, 3.05) is 0 Å². The topological polar surface area (TPSA) is 90.4 Å². The smallest absolute Gasteiger partial charge is 0.287 e. The van der Waals surface area contributed by atoms with Crippen LogP contribution in [0.1, 0.15) is 27.4 Å². The number of nitrogen functional groups attached to an aromatic ring is 1. The SMILES string of the molecule is Cc1ccc(OCc2cc(C(=O)NN)no2)c(C)c1. The monoisotopic (exact) mass is 261 g/mol. The molecule has 1 amide bonds. The van der Waals surface area contributed by atoms with Gasteiger partial charge in [-0.2, -0.15) is 0 Å². The van der Waals surface area contributed by atoms with Crippen molar-refractivity contribution >= 4 is 5.91 Å². The Kier molecular flexibility index (Phi) is 3.82. The van der Waals surface area contributed by atoms with E-state index in [0.717, 1.165) is 11.3 Å². The number of hydrazine groups is 1. The largest absolute Gasteiger partial charge is 0.485 e. The van der Waals surface area contributed by atoms with Crippen LogP contribution >= 0.6 is 0 Å². The highest BCUT2D eigenvalue weighted by atomic mass is 16.5. The second kappa shape index (κ2) is 5.53. The van der Waals surface area contributed by atoms with Crippen LogP contribution in [0.5, 0.6) is 5.75 Å². The molecule has 0 bridgehead atoms. The molecule has 1 heterocycles. The van der Waals surface area contributed by atoms with Gasteiger partial charge in [0, 0.05) is 6.07 Å². The van der Waals surface area contributed by atoms with Crippen LogP contribution in [0.2, 0.25) is 0 Å². The van der Waals surface area contributed by atoms with Crippen LogP contribution in [0.25, 0.3) is 0 Å². The van der Waals surface area contributed by atoms with Gasteiger partial charge in [0.2, 0.25) is 0 Å². The summed E-state index contributed by atoms with van der Waals surface area (Å²) >= 11 is 0. The number of nitrogens with two attached hydrogens (primary N) is 1. The number of rotatable bonds is 4. The molecule has 0 aliphatic carbocycles. The number of carbonyl (C=O) groups excluding carboxylic acids is 1. The Bertz CT molecular complexity index is 593. The van der Waals surface area contributed by atoms with Gasteiger partial charge in [0.15, 0.2) is 11.5 Å². The maximum atomic E-state index is 11.2. The number of aromatic nitrogens is 1. The van der Waals surface area contributed by atoms with E-state index in [1.807, 2.05) is 37.5 Å². The van der Waals surface area contributed by atoms with Crippen molar-refractivity contribution in [1.82, 2.24) is 10.6 Å². The third-order valence-corrected chi connectivity index (χ3v) is 2.62. The van der Waals surface area contributed by atoms with Crippen molar-refractivity contribution in [1.29, 1.82) is 0 Å². The van der Waals surface area contributed by atoms with Crippen LogP contribution in [0.15, 0.2) is 28.8 Å². The quantitative estimate of drug-likeness (QED) is 0.494. The fourth-order valence-electron chi connectivity index (χ4n) is 1.67. The maximum Gasteiger partial charge on any atom is 0.287 e. The highest BCUT2D eigenvalue weighted by Gasteiger charge is 2.11. The summed E-state index contributed by atoms with van der Waals surface area (Å²) in [5, 5.41) is 3.59. The van der Waals surface area contributed by atoms with Crippen molar-refractivity contribution in [3.05, 3.63) is 46.8 Å². The fraction of sp³-hybridized carbons (Fsp3) is 0.231. The van der Waals surface area contributed by atoms with Gasteiger partial charge in [-0.25, -0.2) is 5.84 Å². The molecule has 3 N–H and O–H groups in total. The minimum absolute atomic E-state index is 0.127. The number of carbonyl (C=O) groups is 1. The van der Waals surface area contributed by atoms with E-state index in [4.69, 9.17) is 15.1 Å². The molecular formula is C13H15N3O3. The molecule has 0 unspecified atom stereocenters. The Hall–Kier alpha value is -2.34. The maximum absolute atomic E-state index is 11.2. The highest BCUT2D eigenvalue weighted by molar-refractivity contribution is 5.91. The molecule has 100 valence electrons. The van der Waals surface area contributed by atoms with Crippen molar-refractivity contribution in [3.63, 3.8) is 0 Å². The number of benzene rings is 1. The predicted octanol–water partition coefficient (Wildman–Crippen LogP) is 1.47. The number of nitrogens with zero attached hydrogens (tertiary/aromatic N) is 1. The van der Waals surface area contributed by atoms with Crippen molar-refractivity contribution in [2.24, 2.45) is 5.84 Å². The summed E-state index contributed by atoms with van der Waals surface area (Å²) in [6.45, 7) is 4.19. The Balaban J connectivity index is 2.02. The van der Waals surface area contributed by atoms with E-state index in [-0.39, 0.29) is 12.3 Å². The summed E-state index contributed by atoms with van der Waals surface area (Å²) in [6.07, 6.45) is 0. The molecule has 2 aromatic rings. The molecule has 0 spiro atoms. The third-order valence-electron chi connectivity index (χ3n) is 2.62. The van der Waals surface area contributed by atoms with Gasteiger partial charge in [-0.3, -0.25) is 10.2 Å². The van der Waals surface area contributed by atoms with E-state index in [2.05, 4.69) is 5.16 Å². The van der Waals surface area contributed by atoms with Gasteiger partial charge in [0.05, 0.1) is 0 Å². The molecule has 1 aromatic heterocycles. The molecule has 0 radical (unpaired) electrons. The van der Waals surface area contributed by atoms with E-state index in [1.165, 1.54) is 11.6 Å². The van der Waals surface area contributed by atoms with Gasteiger partial charge in [-0.05, 0) is 25.5 Å². The standard InChI is InChI=1S/C13H15N3O3/c1-8-3-4-12(9(2)5-8)18-7-10-6-11(16-19-10)13(17)15-14/h3-6H,7,14H2,1-2H3,(H,15,17). The Morgan fingerprint density at radius 2 is 2.21 bits per heavy atom. The van der Waals surface area contributed by atoms with E-state index >= 15 is 0 Å². The Morgan fingerprint density at radius 3 is 2.89 bits per heavy atom. The average molecular weight is 261 g/mol. The number of hydrogen-bond acceptors (Lipinski definition) is 5. The Labute approximate surface area is 110 Å². The summed E-state index contributed by atoms with van der Waals surface area (Å²) < 4.78 is 10.6. The zero-order chi connectivity index (χ0) is 13.8. The lowest BCUT2D eigenvalue weighted by Gasteiger charge is -2.07. The molecule has 0 aliphatic rings. The fourth-order valence-corrected chi connectivity index (χ4v) is 1.67. The van der Waals surface area contributed by atoms with Crippen LogP contribution in [-0.4, -0.2) is 11.1 Å². The molecule has 0 atom stereocenters. The summed E-state index contributed by atoms with van der Waals surface area (Å²) in [7, 11) is 0. The average Bonchev–Trinajstić information content (AvgIpc) is 2.85. The van der Waals surface area contributed by atoms with E-state index in [1.54, 1.807) is 0 Å². The van der Waals surface area contributed by atoms with Gasteiger partial charge < -0.3 is 9.26 Å². The minimum atomic E-state index is -0.499. The van der Waals surface area contributed by atoms with Gasteiger partial charge in [-0.1, -0.05) is 22.9 Å². The molecule has 6 nitrogen and oxygen atoms in total. The number of ether oxygens (including phenoxy) is 1. The summed E-state index contributed by atoms with van der Waals surface area (Å²) in [4.78, 5) is 11.2. The van der Waals surface area contributed by atoms with Crippen LogP contribution in [0.4, 0.5) is 0 Å². The molecule has 0 saturated heterocycles. The molecule has 0 fully saturated rings. The minimum Gasteiger partial charge on any atom is -0.485 e. The third kappa shape index (κ3) is 3.11. The zero-order valence-electron chi connectivity index (χ0n) is 10.8. The van der Waals surface area contributed by atoms with Crippen molar-refractivity contribution < 1.29 is 14.1 Å². The van der Waals surface area contributed by atoms with E-state index in [9.17, 15) is 4.79 Å². The molecule has 6 heteroatoms. The van der Waals surface area contributed by atoms with Crippen molar-refractivity contribution in [3.8, 4) is 5.75 Å². The molecule has 19 heavy (non-hydrogen) atoms. The first-order chi connectivity index (χ1) is 9.10. The molecule has 2 rings (SSSR count). The predicted molar refractivity (Wildman–Crippen MR) is 68.4 cm³/mol. The second-order valence-corrected chi connectivity index (χ2v) is 4.21. The normalized spacial score (nSPS) is 10.3. The van der Waals surface area contributed by atoms with Gasteiger partial charge in [0.1, 0.15) is 12.4 Å². The van der Waals surface area contributed by atoms with Gasteiger partial charge in [-0.15, -0.1) is 0 Å². The first kappa shape index (κ1) is 13.1. The zero-order valence-corrected chi connectivity index (χ0v) is 10.8. The van der Waals surface area contributed by atoms with Gasteiger partial charge in [0.25, 0.3) is 5.91 Å². The van der Waals surface area contributed by atoms with E-state index in [0.29, 0.717) is 5.76 Å². The van der Waals surface area contributed by atoms with E-state index < -0.39 is 5.91 Å². The summed E-state index contributed by atoms with van der Waals surface area (Å²) in [5.41, 5.74) is 4.32. The number of aryl methyl sites for hydroxylation is 2. The lowest BCUT2D eigenvalue weighted by atomic mass is 10.1. The lowest BCUT2D eigenvalue weighted by Crippen LogP contribution is -2.30. The van der Waals surface area contributed by atoms with Gasteiger partial charge >= 0.3 is 0 Å². The first-order valence-electron chi connectivity index (χ1n) is 5.76. The number of hydrogen-bond donors (Lipinski definition) is 2. The van der Waals surface area contributed by atoms with Crippen molar-refractivity contribution in [2.45, 2.75) is 20.5 Å². The van der Waals surface area contributed by atoms with Crippen LogP contribution < -0.4 is 16.0 Å². The summed E-state index contributed by atoms with van der Waals surface area (Å²) in [6, 6.07) is 7.39. The molecule has 0 saturated carbocycles. The number of nitrogens with one attached hydrogen (secondary N) is 1. The summed E-state index contributed by atoms with van der Waals surface area (Å²) in [5.74, 6) is 5.73. The lowest BCUT2D eigenvalue weighted by molar-refractivity contribution is 0.0944.